The number of aliphatic hydroxyl groups excluding tert-OH is 1. The summed E-state index contributed by atoms with van der Waals surface area (Å²) in [5.74, 6) is -3.76. The summed E-state index contributed by atoms with van der Waals surface area (Å²) in [6.45, 7) is 3.01. The SMILES string of the molecule is CC1(C)OC(=O)C(C(O)C2CCCCC2)C(=O)O1. The average molecular weight is 256 g/mol. The van der Waals surface area contributed by atoms with Crippen LogP contribution < -0.4 is 0 Å². The minimum atomic E-state index is -1.23. The van der Waals surface area contributed by atoms with Gasteiger partial charge in [-0.15, -0.1) is 0 Å². The third-order valence-corrected chi connectivity index (χ3v) is 3.67. The standard InChI is InChI=1S/C13H20O5/c1-13(2)17-11(15)9(12(16)18-13)10(14)8-6-4-3-5-7-8/h8-10,14H,3-7H2,1-2H3. The second-order valence-corrected chi connectivity index (χ2v) is 5.61. The first kappa shape index (κ1) is 13.3. The van der Waals surface area contributed by atoms with Crippen molar-refractivity contribution in [2.45, 2.75) is 57.8 Å². The molecule has 5 heteroatoms. The molecule has 1 aliphatic heterocycles. The molecule has 1 N–H and O–H groups in total. The molecule has 0 aromatic carbocycles. The monoisotopic (exact) mass is 256 g/mol. The van der Waals surface area contributed by atoms with Crippen LogP contribution in [0.3, 0.4) is 0 Å². The lowest BCUT2D eigenvalue weighted by Gasteiger charge is -2.37. The molecule has 0 aromatic rings. The van der Waals surface area contributed by atoms with Crippen molar-refractivity contribution in [2.75, 3.05) is 0 Å². The lowest BCUT2D eigenvalue weighted by molar-refractivity contribution is -0.246. The molecule has 1 heterocycles. The molecule has 1 saturated carbocycles. The lowest BCUT2D eigenvalue weighted by atomic mass is 9.80. The van der Waals surface area contributed by atoms with Crippen molar-refractivity contribution in [1.29, 1.82) is 0 Å². The van der Waals surface area contributed by atoms with Crippen LogP contribution in [0.25, 0.3) is 0 Å². The Labute approximate surface area is 106 Å². The van der Waals surface area contributed by atoms with E-state index in [0.717, 1.165) is 32.1 Å². The fourth-order valence-corrected chi connectivity index (χ4v) is 2.76. The molecule has 2 fully saturated rings. The highest BCUT2D eigenvalue weighted by Gasteiger charge is 2.48. The fourth-order valence-electron chi connectivity index (χ4n) is 2.76. The number of rotatable bonds is 2. The number of cyclic esters (lactones) is 2. The molecule has 0 amide bonds. The summed E-state index contributed by atoms with van der Waals surface area (Å²) in [6.07, 6.45) is 3.93. The van der Waals surface area contributed by atoms with Gasteiger partial charge in [-0.05, 0) is 18.8 Å². The van der Waals surface area contributed by atoms with Crippen molar-refractivity contribution >= 4 is 11.9 Å². The third kappa shape index (κ3) is 2.66. The van der Waals surface area contributed by atoms with Crippen LogP contribution in [0.15, 0.2) is 0 Å². The molecule has 1 saturated heterocycles. The highest BCUT2D eigenvalue weighted by atomic mass is 16.7. The Bertz CT molecular complexity index is 323. The van der Waals surface area contributed by atoms with Crippen molar-refractivity contribution in [3.8, 4) is 0 Å². The molecule has 18 heavy (non-hydrogen) atoms. The molecule has 102 valence electrons. The summed E-state index contributed by atoms with van der Waals surface area (Å²) < 4.78 is 10.1. The van der Waals surface area contributed by atoms with E-state index in [1.165, 1.54) is 13.8 Å². The van der Waals surface area contributed by atoms with E-state index in [4.69, 9.17) is 9.47 Å². The van der Waals surface area contributed by atoms with Crippen LogP contribution in [0, 0.1) is 11.8 Å². The van der Waals surface area contributed by atoms with Crippen LogP contribution in [0.2, 0.25) is 0 Å². The lowest BCUT2D eigenvalue weighted by Crippen LogP contribution is -2.52. The van der Waals surface area contributed by atoms with Gasteiger partial charge in [0.05, 0.1) is 6.10 Å². The minimum absolute atomic E-state index is 0.00920. The van der Waals surface area contributed by atoms with Gasteiger partial charge in [0, 0.05) is 13.8 Å². The van der Waals surface area contributed by atoms with Crippen LogP contribution in [0.5, 0.6) is 0 Å². The summed E-state index contributed by atoms with van der Waals surface area (Å²) in [4.78, 5) is 23.6. The molecule has 0 spiro atoms. The molecule has 0 bridgehead atoms. The van der Waals surface area contributed by atoms with Crippen molar-refractivity contribution in [3.05, 3.63) is 0 Å². The first-order valence-electron chi connectivity index (χ1n) is 6.54. The zero-order valence-corrected chi connectivity index (χ0v) is 10.8. The Morgan fingerprint density at radius 1 is 1.11 bits per heavy atom. The van der Waals surface area contributed by atoms with E-state index in [1.807, 2.05) is 0 Å². The second-order valence-electron chi connectivity index (χ2n) is 5.61. The summed E-state index contributed by atoms with van der Waals surface area (Å²) in [7, 11) is 0. The highest BCUT2D eigenvalue weighted by molar-refractivity contribution is 5.97. The van der Waals surface area contributed by atoms with E-state index in [9.17, 15) is 14.7 Å². The molecular formula is C13H20O5. The number of hydrogen-bond donors (Lipinski definition) is 1. The maximum atomic E-state index is 11.8. The molecule has 2 rings (SSSR count). The van der Waals surface area contributed by atoms with E-state index in [-0.39, 0.29) is 5.92 Å². The maximum absolute atomic E-state index is 11.8. The van der Waals surface area contributed by atoms with Crippen molar-refractivity contribution < 1.29 is 24.2 Å². The normalized spacial score (nSPS) is 27.5. The Morgan fingerprint density at radius 3 is 2.11 bits per heavy atom. The van der Waals surface area contributed by atoms with Crippen molar-refractivity contribution in [1.82, 2.24) is 0 Å². The zero-order chi connectivity index (χ0) is 13.3. The van der Waals surface area contributed by atoms with Crippen LogP contribution in [0.4, 0.5) is 0 Å². The molecule has 5 nitrogen and oxygen atoms in total. The molecule has 1 aliphatic carbocycles. The average Bonchev–Trinajstić information content (AvgIpc) is 2.27. The number of aliphatic hydroxyl groups is 1. The largest absolute Gasteiger partial charge is 0.422 e. The number of ether oxygens (including phenoxy) is 2. The minimum Gasteiger partial charge on any atom is -0.422 e. The molecule has 0 radical (unpaired) electrons. The Morgan fingerprint density at radius 2 is 1.61 bits per heavy atom. The Hall–Kier alpha value is -1.10. The molecule has 0 aromatic heterocycles. The number of carbonyl (C=O) groups excluding carboxylic acids is 2. The van der Waals surface area contributed by atoms with Gasteiger partial charge in [-0.3, -0.25) is 9.59 Å². The predicted octanol–water partition coefficient (Wildman–Crippen LogP) is 1.38. The van der Waals surface area contributed by atoms with Crippen molar-refractivity contribution in [2.24, 2.45) is 11.8 Å². The molecule has 1 atom stereocenters. The van der Waals surface area contributed by atoms with Crippen LogP contribution in [-0.2, 0) is 19.1 Å². The van der Waals surface area contributed by atoms with Crippen LogP contribution in [-0.4, -0.2) is 28.9 Å². The summed E-state index contributed by atoms with van der Waals surface area (Å²) >= 11 is 0. The first-order valence-corrected chi connectivity index (χ1v) is 6.54. The number of esters is 2. The summed E-state index contributed by atoms with van der Waals surface area (Å²) in [5.41, 5.74) is 0. The first-order chi connectivity index (χ1) is 8.41. The molecular weight excluding hydrogens is 236 g/mol. The number of carbonyl (C=O) groups is 2. The smallest absolute Gasteiger partial charge is 0.326 e. The van der Waals surface area contributed by atoms with Gasteiger partial charge in [0.2, 0.25) is 0 Å². The van der Waals surface area contributed by atoms with Gasteiger partial charge in [0.25, 0.3) is 5.79 Å². The highest BCUT2D eigenvalue weighted by Crippen LogP contribution is 2.33. The van der Waals surface area contributed by atoms with E-state index in [2.05, 4.69) is 0 Å². The van der Waals surface area contributed by atoms with Gasteiger partial charge < -0.3 is 14.6 Å². The van der Waals surface area contributed by atoms with Crippen LogP contribution in [0.1, 0.15) is 46.0 Å². The quantitative estimate of drug-likeness (QED) is 0.597. The van der Waals surface area contributed by atoms with Gasteiger partial charge in [-0.2, -0.15) is 0 Å². The van der Waals surface area contributed by atoms with Gasteiger partial charge in [0.1, 0.15) is 0 Å². The second kappa shape index (κ2) is 4.88. The third-order valence-electron chi connectivity index (χ3n) is 3.67. The summed E-state index contributed by atoms with van der Waals surface area (Å²) in [6, 6.07) is 0. The van der Waals surface area contributed by atoms with E-state index >= 15 is 0 Å². The van der Waals surface area contributed by atoms with Gasteiger partial charge in [-0.1, -0.05) is 19.3 Å². The molecule has 1 unspecified atom stereocenters. The maximum Gasteiger partial charge on any atom is 0.326 e. The Kier molecular flexibility index (Phi) is 3.61. The van der Waals surface area contributed by atoms with Gasteiger partial charge in [-0.25, -0.2) is 0 Å². The predicted molar refractivity (Wildman–Crippen MR) is 62.3 cm³/mol. The van der Waals surface area contributed by atoms with Crippen molar-refractivity contribution in [3.63, 3.8) is 0 Å². The molecule has 2 aliphatic rings. The van der Waals surface area contributed by atoms with Crippen LogP contribution >= 0.6 is 0 Å². The van der Waals surface area contributed by atoms with Gasteiger partial charge >= 0.3 is 11.9 Å². The topological polar surface area (TPSA) is 72.8 Å². The number of hydrogen-bond acceptors (Lipinski definition) is 5. The zero-order valence-electron chi connectivity index (χ0n) is 10.8. The van der Waals surface area contributed by atoms with Gasteiger partial charge in [0.15, 0.2) is 5.92 Å². The fraction of sp³-hybridized carbons (Fsp3) is 0.846. The van der Waals surface area contributed by atoms with E-state index < -0.39 is 29.7 Å². The summed E-state index contributed by atoms with van der Waals surface area (Å²) in [5, 5.41) is 10.2. The van der Waals surface area contributed by atoms with E-state index in [0.29, 0.717) is 0 Å². The Balaban J connectivity index is 2.07. The van der Waals surface area contributed by atoms with E-state index in [1.54, 1.807) is 0 Å².